The van der Waals surface area contributed by atoms with Crippen LogP contribution in [-0.2, 0) is 19.0 Å². The fourth-order valence-electron chi connectivity index (χ4n) is 2.49. The lowest BCUT2D eigenvalue weighted by Gasteiger charge is -2.17. The summed E-state index contributed by atoms with van der Waals surface area (Å²) in [5.41, 5.74) is 0. The summed E-state index contributed by atoms with van der Waals surface area (Å²) < 4.78 is 16.8. The molecule has 0 spiro atoms. The summed E-state index contributed by atoms with van der Waals surface area (Å²) in [7, 11) is 2.93. The van der Waals surface area contributed by atoms with E-state index in [1.807, 2.05) is 12.2 Å². The van der Waals surface area contributed by atoms with Gasteiger partial charge in [-0.3, -0.25) is 4.79 Å². The van der Waals surface area contributed by atoms with E-state index in [0.717, 1.165) is 17.3 Å². The maximum atomic E-state index is 11.0. The van der Waals surface area contributed by atoms with E-state index >= 15 is 0 Å². The van der Waals surface area contributed by atoms with E-state index in [4.69, 9.17) is 9.47 Å². The average molecular weight is 480 g/mol. The van der Waals surface area contributed by atoms with E-state index in [1.54, 1.807) is 12.1 Å². The largest absolute Gasteiger partial charge is 0.469 e. The molecule has 0 aliphatic carbocycles. The van der Waals surface area contributed by atoms with Crippen LogP contribution >= 0.6 is 31.9 Å². The standard InChI is InChI=1S/C18H24Br2O5/c1-23-16(21)10-5-3-4-8-14-17(22)18(24-2)15(25-14)9-6-7-13(20)11-12-19/h7,11-12,14-15,17-18,22H,3,5-6,9-10H2,1-2H3/b12-11-,13-7-/t14-,15+,17-,18+/m1/s1. The molecule has 1 saturated heterocycles. The summed E-state index contributed by atoms with van der Waals surface area (Å²) in [6.45, 7) is 0. The molecule has 1 aliphatic rings. The minimum absolute atomic E-state index is 0.209. The smallest absolute Gasteiger partial charge is 0.305 e. The highest BCUT2D eigenvalue weighted by molar-refractivity contribution is 9.12. The number of aliphatic hydroxyl groups is 1. The van der Waals surface area contributed by atoms with E-state index in [1.165, 1.54) is 7.11 Å². The van der Waals surface area contributed by atoms with Gasteiger partial charge in [0.25, 0.3) is 0 Å². The molecule has 0 amide bonds. The minimum Gasteiger partial charge on any atom is -0.469 e. The van der Waals surface area contributed by atoms with Crippen molar-refractivity contribution in [3.05, 3.63) is 21.6 Å². The summed E-state index contributed by atoms with van der Waals surface area (Å²) in [4.78, 5) is 12.8. The van der Waals surface area contributed by atoms with Gasteiger partial charge in [0, 0.05) is 24.4 Å². The third-order valence-corrected chi connectivity index (χ3v) is 4.63. The Morgan fingerprint density at radius 2 is 2.16 bits per heavy atom. The highest BCUT2D eigenvalue weighted by Crippen LogP contribution is 2.27. The first-order chi connectivity index (χ1) is 12.0. The van der Waals surface area contributed by atoms with E-state index in [-0.39, 0.29) is 12.1 Å². The van der Waals surface area contributed by atoms with Crippen molar-refractivity contribution in [2.75, 3.05) is 14.2 Å². The summed E-state index contributed by atoms with van der Waals surface area (Å²) in [5, 5.41) is 10.3. The van der Waals surface area contributed by atoms with Crippen molar-refractivity contribution in [3.8, 4) is 11.8 Å². The molecule has 25 heavy (non-hydrogen) atoms. The van der Waals surface area contributed by atoms with Crippen molar-refractivity contribution in [1.82, 2.24) is 0 Å². The van der Waals surface area contributed by atoms with Gasteiger partial charge in [0.2, 0.25) is 0 Å². The number of unbranched alkanes of at least 4 members (excludes halogenated alkanes) is 1. The second-order valence-corrected chi connectivity index (χ2v) is 6.94. The van der Waals surface area contributed by atoms with Crippen LogP contribution in [0.2, 0.25) is 0 Å². The number of methoxy groups -OCH3 is 2. The number of ether oxygens (including phenoxy) is 3. The molecule has 1 heterocycles. The van der Waals surface area contributed by atoms with Crippen LogP contribution in [0.4, 0.5) is 0 Å². The molecular formula is C18H24Br2O5. The number of aliphatic hydroxyl groups excluding tert-OH is 1. The molecule has 0 radical (unpaired) electrons. The van der Waals surface area contributed by atoms with Crippen molar-refractivity contribution in [2.24, 2.45) is 0 Å². The number of allylic oxidation sites excluding steroid dienone is 3. The van der Waals surface area contributed by atoms with Gasteiger partial charge in [0.1, 0.15) is 18.3 Å². The average Bonchev–Trinajstić information content (AvgIpc) is 2.89. The molecule has 0 aromatic rings. The molecule has 7 heteroatoms. The number of carbonyl (C=O) groups is 1. The predicted octanol–water partition coefficient (Wildman–Crippen LogP) is 3.44. The van der Waals surface area contributed by atoms with Crippen molar-refractivity contribution in [1.29, 1.82) is 0 Å². The lowest BCUT2D eigenvalue weighted by atomic mass is 10.0. The van der Waals surface area contributed by atoms with E-state index < -0.39 is 18.3 Å². The molecule has 0 aromatic heterocycles. The Bertz CT molecular complexity index is 535. The number of esters is 1. The van der Waals surface area contributed by atoms with Gasteiger partial charge in [-0.1, -0.05) is 43.9 Å². The Morgan fingerprint density at radius 3 is 2.80 bits per heavy atom. The van der Waals surface area contributed by atoms with Crippen LogP contribution in [0, 0.1) is 11.8 Å². The Balaban J connectivity index is 2.50. The van der Waals surface area contributed by atoms with Crippen LogP contribution in [0.5, 0.6) is 0 Å². The maximum Gasteiger partial charge on any atom is 0.305 e. The molecule has 140 valence electrons. The molecule has 1 fully saturated rings. The first-order valence-corrected chi connectivity index (χ1v) is 9.78. The second kappa shape index (κ2) is 12.7. The zero-order chi connectivity index (χ0) is 18.7. The maximum absolute atomic E-state index is 11.0. The van der Waals surface area contributed by atoms with Gasteiger partial charge < -0.3 is 19.3 Å². The molecule has 4 atom stereocenters. The predicted molar refractivity (Wildman–Crippen MR) is 103 cm³/mol. The second-order valence-electron chi connectivity index (χ2n) is 5.50. The lowest BCUT2D eigenvalue weighted by molar-refractivity contribution is -0.140. The topological polar surface area (TPSA) is 65.0 Å². The molecule has 0 bridgehead atoms. The van der Waals surface area contributed by atoms with Gasteiger partial charge in [-0.2, -0.15) is 0 Å². The number of rotatable bonds is 8. The van der Waals surface area contributed by atoms with Gasteiger partial charge in [0.05, 0.1) is 13.2 Å². The van der Waals surface area contributed by atoms with Crippen molar-refractivity contribution in [3.63, 3.8) is 0 Å². The van der Waals surface area contributed by atoms with Crippen LogP contribution in [-0.4, -0.2) is 49.7 Å². The summed E-state index contributed by atoms with van der Waals surface area (Å²) in [6.07, 6.45) is 5.00. The first-order valence-electron chi connectivity index (χ1n) is 8.07. The molecule has 1 rings (SSSR count). The van der Waals surface area contributed by atoms with Crippen molar-refractivity contribution < 1.29 is 24.1 Å². The quantitative estimate of drug-likeness (QED) is 0.250. The number of carbonyl (C=O) groups excluding carboxylic acids is 1. The summed E-state index contributed by atoms with van der Waals surface area (Å²) >= 11 is 6.66. The highest BCUT2D eigenvalue weighted by Gasteiger charge is 2.42. The zero-order valence-corrected chi connectivity index (χ0v) is 17.6. The van der Waals surface area contributed by atoms with Crippen molar-refractivity contribution in [2.45, 2.75) is 56.5 Å². The van der Waals surface area contributed by atoms with Crippen LogP contribution in [0.1, 0.15) is 32.1 Å². The van der Waals surface area contributed by atoms with E-state index in [0.29, 0.717) is 19.3 Å². The zero-order valence-electron chi connectivity index (χ0n) is 14.4. The monoisotopic (exact) mass is 478 g/mol. The van der Waals surface area contributed by atoms with Crippen LogP contribution in [0.15, 0.2) is 21.6 Å². The van der Waals surface area contributed by atoms with Crippen LogP contribution in [0.3, 0.4) is 0 Å². The Kier molecular flexibility index (Phi) is 11.3. The minimum atomic E-state index is -0.780. The van der Waals surface area contributed by atoms with E-state index in [9.17, 15) is 9.90 Å². The highest BCUT2D eigenvalue weighted by atomic mass is 79.9. The Labute approximate surface area is 166 Å². The van der Waals surface area contributed by atoms with E-state index in [2.05, 4.69) is 48.4 Å². The molecular weight excluding hydrogens is 456 g/mol. The third kappa shape index (κ3) is 8.06. The summed E-state index contributed by atoms with van der Waals surface area (Å²) in [5.74, 6) is 5.66. The molecule has 0 saturated carbocycles. The third-order valence-electron chi connectivity index (χ3n) is 3.77. The van der Waals surface area contributed by atoms with Gasteiger partial charge in [-0.05, 0) is 30.3 Å². The van der Waals surface area contributed by atoms with Gasteiger partial charge in [-0.15, -0.1) is 5.92 Å². The molecule has 1 aliphatic heterocycles. The Morgan fingerprint density at radius 1 is 1.40 bits per heavy atom. The van der Waals surface area contributed by atoms with Crippen molar-refractivity contribution >= 4 is 37.8 Å². The van der Waals surface area contributed by atoms with Crippen LogP contribution in [0.25, 0.3) is 0 Å². The molecule has 1 N–H and O–H groups in total. The lowest BCUT2D eigenvalue weighted by Crippen LogP contribution is -2.34. The number of hydrogen-bond acceptors (Lipinski definition) is 5. The SMILES string of the molecule is COC(=O)CCCC#C[C@H]1O[C@@H](CC/C=C(Br)/C=C\Br)[C@H](OC)[C@@H]1O. The molecule has 5 nitrogen and oxygen atoms in total. The fraction of sp³-hybridized carbons (Fsp3) is 0.611. The van der Waals surface area contributed by atoms with Gasteiger partial charge in [-0.25, -0.2) is 0 Å². The number of halogens is 2. The normalized spacial score (nSPS) is 26.5. The molecule has 0 aromatic carbocycles. The Hall–Kier alpha value is -0.650. The number of hydrogen-bond donors (Lipinski definition) is 1. The first kappa shape index (κ1) is 22.4. The van der Waals surface area contributed by atoms with Gasteiger partial charge >= 0.3 is 5.97 Å². The summed E-state index contributed by atoms with van der Waals surface area (Å²) in [6, 6.07) is 0. The molecule has 0 unspecified atom stereocenters. The van der Waals surface area contributed by atoms with Gasteiger partial charge in [0.15, 0.2) is 0 Å². The fourth-order valence-corrected chi connectivity index (χ4v) is 3.49. The van der Waals surface area contributed by atoms with Crippen LogP contribution < -0.4 is 0 Å².